The summed E-state index contributed by atoms with van der Waals surface area (Å²) in [6.45, 7) is 0. The second-order valence-electron chi connectivity index (χ2n) is 12.1. The minimum atomic E-state index is 1.06. The van der Waals surface area contributed by atoms with Crippen molar-refractivity contribution < 1.29 is 0 Å². The molecule has 0 aliphatic heterocycles. The molecule has 8 aromatic rings. The molecule has 1 heterocycles. The van der Waals surface area contributed by atoms with Crippen LogP contribution in [0.4, 0.5) is 17.1 Å². The Labute approximate surface area is 269 Å². The fraction of sp³-hybridized carbons (Fsp3) is 0.0455. The molecule has 0 amide bonds. The van der Waals surface area contributed by atoms with E-state index in [9.17, 15) is 0 Å². The van der Waals surface area contributed by atoms with E-state index in [1.807, 2.05) is 0 Å². The standard InChI is InChI=1S/C44H32N2/c1-3-17-33(18-4-1)45(43-30-32-15-7-8-22-36(32)38-23-9-10-24-39(38)43)35-21-13-16-31(29-35)37-26-14-28-42-44(37)40-25-11-12-27-41(40)46(42)34-19-5-2-6-20-34/h1-6,8-14,16-30H,7,15H2. The lowest BCUT2D eigenvalue weighted by Crippen LogP contribution is -2.12. The van der Waals surface area contributed by atoms with Gasteiger partial charge in [0.05, 0.1) is 16.7 Å². The van der Waals surface area contributed by atoms with Crippen molar-refractivity contribution in [2.75, 3.05) is 4.90 Å². The van der Waals surface area contributed by atoms with Gasteiger partial charge >= 0.3 is 0 Å². The Hall–Kier alpha value is -5.86. The number of anilines is 3. The molecule has 46 heavy (non-hydrogen) atoms. The first-order valence-electron chi connectivity index (χ1n) is 16.1. The Balaban J connectivity index is 1.28. The quantitative estimate of drug-likeness (QED) is 0.194. The van der Waals surface area contributed by atoms with Crippen LogP contribution in [0.25, 0.3) is 55.5 Å². The average Bonchev–Trinajstić information content (AvgIpc) is 3.47. The third-order valence-corrected chi connectivity index (χ3v) is 9.40. The number of aryl methyl sites for hydroxylation is 1. The maximum atomic E-state index is 2.44. The minimum absolute atomic E-state index is 1.06. The molecular formula is C44H32N2. The molecule has 0 atom stereocenters. The van der Waals surface area contributed by atoms with Gasteiger partial charge in [-0.2, -0.15) is 0 Å². The smallest absolute Gasteiger partial charge is 0.0547 e. The number of rotatable bonds is 5. The molecule has 1 aromatic heterocycles. The van der Waals surface area contributed by atoms with Crippen LogP contribution < -0.4 is 4.90 Å². The van der Waals surface area contributed by atoms with Gasteiger partial charge in [-0.1, -0.05) is 115 Å². The fourth-order valence-electron chi connectivity index (χ4n) is 7.40. The van der Waals surface area contributed by atoms with Gasteiger partial charge in [0.15, 0.2) is 0 Å². The zero-order chi connectivity index (χ0) is 30.5. The van der Waals surface area contributed by atoms with Gasteiger partial charge in [-0.3, -0.25) is 0 Å². The summed E-state index contributed by atoms with van der Waals surface area (Å²) in [4.78, 5) is 2.44. The molecule has 2 heteroatoms. The molecular weight excluding hydrogens is 556 g/mol. The molecule has 0 saturated carbocycles. The molecule has 0 N–H and O–H groups in total. The highest BCUT2D eigenvalue weighted by Crippen LogP contribution is 2.44. The molecule has 9 rings (SSSR count). The number of aromatic nitrogens is 1. The van der Waals surface area contributed by atoms with E-state index in [0.29, 0.717) is 0 Å². The van der Waals surface area contributed by atoms with Crippen LogP contribution >= 0.6 is 0 Å². The topological polar surface area (TPSA) is 8.17 Å². The molecule has 0 radical (unpaired) electrons. The van der Waals surface area contributed by atoms with Gasteiger partial charge in [0.2, 0.25) is 0 Å². The average molecular weight is 589 g/mol. The van der Waals surface area contributed by atoms with Gasteiger partial charge in [0.25, 0.3) is 0 Å². The Morgan fingerprint density at radius 3 is 2.04 bits per heavy atom. The molecule has 0 spiro atoms. The first kappa shape index (κ1) is 26.5. The zero-order valence-corrected chi connectivity index (χ0v) is 25.5. The summed E-state index contributed by atoms with van der Waals surface area (Å²) >= 11 is 0. The van der Waals surface area contributed by atoms with E-state index < -0.39 is 0 Å². The molecule has 0 saturated heterocycles. The van der Waals surface area contributed by atoms with Crippen molar-refractivity contribution in [1.82, 2.24) is 4.57 Å². The summed E-state index contributed by atoms with van der Waals surface area (Å²) in [6, 6.07) is 57.3. The molecule has 0 bridgehead atoms. The van der Waals surface area contributed by atoms with Crippen molar-refractivity contribution in [2.45, 2.75) is 12.8 Å². The van der Waals surface area contributed by atoms with Crippen LogP contribution in [0, 0.1) is 0 Å². The van der Waals surface area contributed by atoms with Crippen molar-refractivity contribution in [2.24, 2.45) is 0 Å². The van der Waals surface area contributed by atoms with Gasteiger partial charge < -0.3 is 9.47 Å². The molecule has 7 aromatic carbocycles. The van der Waals surface area contributed by atoms with Crippen molar-refractivity contribution in [1.29, 1.82) is 0 Å². The fourth-order valence-corrected chi connectivity index (χ4v) is 7.40. The second-order valence-corrected chi connectivity index (χ2v) is 12.1. The normalized spacial score (nSPS) is 12.5. The SMILES string of the molecule is C1=Cc2c(cc(N(c3ccccc3)c3cccc(-c4cccc5c4c4ccccc4n5-c4ccccc4)c3)c3ccccc23)CC1. The van der Waals surface area contributed by atoms with Gasteiger partial charge in [0, 0.05) is 33.2 Å². The van der Waals surface area contributed by atoms with E-state index in [0.717, 1.165) is 24.2 Å². The van der Waals surface area contributed by atoms with E-state index >= 15 is 0 Å². The van der Waals surface area contributed by atoms with Crippen molar-refractivity contribution in [3.8, 4) is 16.8 Å². The Morgan fingerprint density at radius 2 is 1.20 bits per heavy atom. The van der Waals surface area contributed by atoms with Crippen LogP contribution in [0.3, 0.4) is 0 Å². The molecule has 0 unspecified atom stereocenters. The second kappa shape index (κ2) is 10.9. The molecule has 218 valence electrons. The van der Waals surface area contributed by atoms with E-state index in [-0.39, 0.29) is 0 Å². The summed E-state index contributed by atoms with van der Waals surface area (Å²) in [5.41, 5.74) is 12.3. The monoisotopic (exact) mass is 588 g/mol. The maximum Gasteiger partial charge on any atom is 0.0547 e. The Morgan fingerprint density at radius 1 is 0.522 bits per heavy atom. The number of hydrogen-bond acceptors (Lipinski definition) is 1. The van der Waals surface area contributed by atoms with E-state index in [1.165, 1.54) is 66.2 Å². The Kier molecular flexibility index (Phi) is 6.31. The van der Waals surface area contributed by atoms with Gasteiger partial charge in [-0.25, -0.2) is 0 Å². The first-order valence-corrected chi connectivity index (χ1v) is 16.1. The number of benzene rings is 7. The van der Waals surface area contributed by atoms with Crippen LogP contribution in [0.15, 0.2) is 164 Å². The lowest BCUT2D eigenvalue weighted by atomic mass is 9.90. The van der Waals surface area contributed by atoms with Crippen LogP contribution in [-0.4, -0.2) is 4.57 Å². The summed E-state index contributed by atoms with van der Waals surface area (Å²) in [5.74, 6) is 0. The summed E-state index contributed by atoms with van der Waals surface area (Å²) in [6.07, 6.45) is 6.75. The summed E-state index contributed by atoms with van der Waals surface area (Å²) in [7, 11) is 0. The third-order valence-electron chi connectivity index (χ3n) is 9.40. The number of hydrogen-bond donors (Lipinski definition) is 0. The Bertz CT molecular complexity index is 2420. The van der Waals surface area contributed by atoms with Crippen molar-refractivity contribution in [3.05, 3.63) is 175 Å². The molecule has 0 fully saturated rings. The highest BCUT2D eigenvalue weighted by Gasteiger charge is 2.21. The van der Waals surface area contributed by atoms with Gasteiger partial charge in [0.1, 0.15) is 0 Å². The van der Waals surface area contributed by atoms with E-state index in [1.54, 1.807) is 0 Å². The summed E-state index contributed by atoms with van der Waals surface area (Å²) < 4.78 is 2.39. The highest BCUT2D eigenvalue weighted by atomic mass is 15.1. The largest absolute Gasteiger partial charge is 0.310 e. The summed E-state index contributed by atoms with van der Waals surface area (Å²) in [5, 5.41) is 5.10. The number of para-hydroxylation sites is 3. The first-order chi connectivity index (χ1) is 22.8. The lowest BCUT2D eigenvalue weighted by Gasteiger charge is -2.29. The molecule has 2 nitrogen and oxygen atoms in total. The number of allylic oxidation sites excluding steroid dienone is 1. The lowest BCUT2D eigenvalue weighted by molar-refractivity contribution is 0.989. The third kappa shape index (κ3) is 4.26. The molecule has 1 aliphatic carbocycles. The zero-order valence-electron chi connectivity index (χ0n) is 25.5. The predicted octanol–water partition coefficient (Wildman–Crippen LogP) is 12.0. The van der Waals surface area contributed by atoms with E-state index in [4.69, 9.17) is 0 Å². The number of fused-ring (bicyclic) bond motifs is 6. The predicted molar refractivity (Wildman–Crippen MR) is 196 cm³/mol. The van der Waals surface area contributed by atoms with Crippen molar-refractivity contribution in [3.63, 3.8) is 0 Å². The van der Waals surface area contributed by atoms with E-state index in [2.05, 4.69) is 179 Å². The van der Waals surface area contributed by atoms with Gasteiger partial charge in [-0.05, 0) is 95.1 Å². The van der Waals surface area contributed by atoms with Crippen LogP contribution in [0.2, 0.25) is 0 Å². The van der Waals surface area contributed by atoms with Crippen molar-refractivity contribution >= 4 is 55.7 Å². The molecule has 1 aliphatic rings. The highest BCUT2D eigenvalue weighted by molar-refractivity contribution is 6.16. The van der Waals surface area contributed by atoms with Crippen LogP contribution in [0.5, 0.6) is 0 Å². The van der Waals surface area contributed by atoms with Crippen LogP contribution in [-0.2, 0) is 6.42 Å². The minimum Gasteiger partial charge on any atom is -0.310 e. The maximum absolute atomic E-state index is 2.44. The van der Waals surface area contributed by atoms with Gasteiger partial charge in [-0.15, -0.1) is 0 Å². The number of nitrogens with zero attached hydrogens (tertiary/aromatic N) is 2. The van der Waals surface area contributed by atoms with Crippen LogP contribution in [0.1, 0.15) is 17.5 Å².